The summed E-state index contributed by atoms with van der Waals surface area (Å²) < 4.78 is 1.61. The van der Waals surface area contributed by atoms with E-state index in [9.17, 15) is 9.90 Å². The monoisotopic (exact) mass is 273 g/mol. The van der Waals surface area contributed by atoms with Crippen molar-refractivity contribution in [2.24, 2.45) is 7.05 Å². The number of nitrogens with one attached hydrogen (secondary N) is 1. The molecule has 1 aromatic carbocycles. The molecule has 0 spiro atoms. The van der Waals surface area contributed by atoms with Crippen molar-refractivity contribution in [1.29, 1.82) is 0 Å². The number of nitrogens with zero attached hydrogens (tertiary/aromatic N) is 2. The molecule has 106 valence electrons. The van der Waals surface area contributed by atoms with Crippen LogP contribution in [0.25, 0.3) is 0 Å². The summed E-state index contributed by atoms with van der Waals surface area (Å²) >= 11 is 0. The largest absolute Gasteiger partial charge is 0.508 e. The first-order valence-corrected chi connectivity index (χ1v) is 6.69. The fraction of sp³-hybridized carbons (Fsp3) is 0.333. The Morgan fingerprint density at radius 3 is 2.65 bits per heavy atom. The Labute approximate surface area is 118 Å². The van der Waals surface area contributed by atoms with Gasteiger partial charge < -0.3 is 10.4 Å². The number of benzene rings is 1. The summed E-state index contributed by atoms with van der Waals surface area (Å²) in [5.74, 6) is 0.137. The molecular formula is C15H19N3O2. The van der Waals surface area contributed by atoms with Crippen molar-refractivity contribution < 1.29 is 9.90 Å². The highest BCUT2D eigenvalue weighted by atomic mass is 16.3. The summed E-state index contributed by atoms with van der Waals surface area (Å²) in [5.41, 5.74) is 2.56. The zero-order valence-corrected chi connectivity index (χ0v) is 11.8. The van der Waals surface area contributed by atoms with Gasteiger partial charge in [-0.15, -0.1) is 0 Å². The maximum Gasteiger partial charge on any atom is 0.269 e. The van der Waals surface area contributed by atoms with Crippen LogP contribution in [0.2, 0.25) is 0 Å². The van der Waals surface area contributed by atoms with Crippen LogP contribution in [-0.2, 0) is 19.9 Å². The molecule has 2 rings (SSSR count). The molecule has 1 heterocycles. The molecular weight excluding hydrogens is 254 g/mol. The third-order valence-corrected chi connectivity index (χ3v) is 3.16. The van der Waals surface area contributed by atoms with Gasteiger partial charge in [0.25, 0.3) is 5.91 Å². The van der Waals surface area contributed by atoms with E-state index in [0.29, 0.717) is 12.2 Å². The molecule has 2 aromatic rings. The van der Waals surface area contributed by atoms with E-state index < -0.39 is 0 Å². The molecule has 0 saturated carbocycles. The molecule has 1 aromatic heterocycles. The molecule has 0 aliphatic heterocycles. The van der Waals surface area contributed by atoms with Crippen molar-refractivity contribution in [3.8, 4) is 5.75 Å². The molecule has 5 heteroatoms. The first-order chi connectivity index (χ1) is 9.60. The number of aromatic nitrogens is 2. The summed E-state index contributed by atoms with van der Waals surface area (Å²) in [6.07, 6.45) is 1.54. The number of rotatable bonds is 5. The molecule has 0 bridgehead atoms. The number of aryl methyl sites for hydroxylation is 2. The van der Waals surface area contributed by atoms with Crippen LogP contribution in [0, 0.1) is 0 Å². The second-order valence-corrected chi connectivity index (χ2v) is 4.67. The normalized spacial score (nSPS) is 10.5. The summed E-state index contributed by atoms with van der Waals surface area (Å²) in [7, 11) is 1.77. The lowest BCUT2D eigenvalue weighted by molar-refractivity contribution is 0.0944. The fourth-order valence-electron chi connectivity index (χ4n) is 1.99. The molecule has 0 unspecified atom stereocenters. The summed E-state index contributed by atoms with van der Waals surface area (Å²) in [6.45, 7) is 2.56. The van der Waals surface area contributed by atoms with E-state index in [1.54, 1.807) is 23.9 Å². The van der Waals surface area contributed by atoms with Crippen molar-refractivity contribution in [3.63, 3.8) is 0 Å². The van der Waals surface area contributed by atoms with Crippen LogP contribution in [0.1, 0.15) is 28.7 Å². The zero-order chi connectivity index (χ0) is 14.5. The molecule has 0 radical (unpaired) electrons. The average Bonchev–Trinajstić information content (AvgIpc) is 2.82. The highest BCUT2D eigenvalue weighted by Gasteiger charge is 2.11. The number of hydrogen-bond donors (Lipinski definition) is 2. The van der Waals surface area contributed by atoms with Gasteiger partial charge in [0.15, 0.2) is 0 Å². The smallest absolute Gasteiger partial charge is 0.269 e. The van der Waals surface area contributed by atoms with Gasteiger partial charge in [0.1, 0.15) is 11.4 Å². The molecule has 0 aliphatic rings. The van der Waals surface area contributed by atoms with Gasteiger partial charge >= 0.3 is 0 Å². The number of phenolic OH excluding ortho intramolecular Hbond substituents is 1. The van der Waals surface area contributed by atoms with Gasteiger partial charge in [-0.2, -0.15) is 5.10 Å². The lowest BCUT2D eigenvalue weighted by atomic mass is 10.1. The molecule has 0 aliphatic carbocycles. The van der Waals surface area contributed by atoms with Gasteiger partial charge in [0.05, 0.1) is 5.69 Å². The molecule has 0 fully saturated rings. The Bertz CT molecular complexity index is 588. The Kier molecular flexibility index (Phi) is 4.40. The lowest BCUT2D eigenvalue weighted by Crippen LogP contribution is -2.27. The first kappa shape index (κ1) is 14.1. The minimum absolute atomic E-state index is 0.113. The third-order valence-electron chi connectivity index (χ3n) is 3.16. The van der Waals surface area contributed by atoms with Crippen LogP contribution in [-0.4, -0.2) is 27.3 Å². The van der Waals surface area contributed by atoms with Gasteiger partial charge in [-0.1, -0.05) is 19.1 Å². The van der Waals surface area contributed by atoms with Gasteiger partial charge in [0.2, 0.25) is 0 Å². The standard InChI is InChI=1S/C15H19N3O2/c1-3-12-10-14(18(2)17-12)15(20)16-9-8-11-4-6-13(19)7-5-11/h4-7,10,19H,3,8-9H2,1-2H3,(H,16,20). The number of aromatic hydroxyl groups is 1. The maximum absolute atomic E-state index is 12.0. The van der Waals surface area contributed by atoms with Gasteiger partial charge in [0, 0.05) is 13.6 Å². The molecule has 0 atom stereocenters. The zero-order valence-electron chi connectivity index (χ0n) is 11.8. The number of carbonyl (C=O) groups is 1. The second-order valence-electron chi connectivity index (χ2n) is 4.67. The summed E-state index contributed by atoms with van der Waals surface area (Å²) in [4.78, 5) is 12.0. The second kappa shape index (κ2) is 6.23. The fourth-order valence-corrected chi connectivity index (χ4v) is 1.99. The minimum Gasteiger partial charge on any atom is -0.508 e. The molecule has 0 saturated heterocycles. The van der Waals surface area contributed by atoms with E-state index >= 15 is 0 Å². The summed E-state index contributed by atoms with van der Waals surface area (Å²) in [6, 6.07) is 8.80. The number of carbonyl (C=O) groups excluding carboxylic acids is 1. The first-order valence-electron chi connectivity index (χ1n) is 6.69. The predicted molar refractivity (Wildman–Crippen MR) is 76.7 cm³/mol. The minimum atomic E-state index is -0.113. The maximum atomic E-state index is 12.0. The lowest BCUT2D eigenvalue weighted by Gasteiger charge is -2.05. The molecule has 2 N–H and O–H groups in total. The number of amides is 1. The topological polar surface area (TPSA) is 67.2 Å². The van der Waals surface area contributed by atoms with E-state index in [1.807, 2.05) is 25.1 Å². The van der Waals surface area contributed by atoms with Crippen molar-refractivity contribution in [2.45, 2.75) is 19.8 Å². The van der Waals surface area contributed by atoms with Crippen LogP contribution in [0.4, 0.5) is 0 Å². The summed E-state index contributed by atoms with van der Waals surface area (Å²) in [5, 5.41) is 16.3. The van der Waals surface area contributed by atoms with Crippen molar-refractivity contribution in [3.05, 3.63) is 47.3 Å². The Balaban J connectivity index is 1.88. The van der Waals surface area contributed by atoms with Crippen LogP contribution in [0.3, 0.4) is 0 Å². The van der Waals surface area contributed by atoms with Crippen molar-refractivity contribution in [1.82, 2.24) is 15.1 Å². The van der Waals surface area contributed by atoms with Crippen LogP contribution < -0.4 is 5.32 Å². The van der Waals surface area contributed by atoms with E-state index in [-0.39, 0.29) is 11.7 Å². The number of hydrogen-bond acceptors (Lipinski definition) is 3. The van der Waals surface area contributed by atoms with Crippen LogP contribution >= 0.6 is 0 Å². The Morgan fingerprint density at radius 1 is 1.35 bits per heavy atom. The van der Waals surface area contributed by atoms with Crippen molar-refractivity contribution >= 4 is 5.91 Å². The highest BCUT2D eigenvalue weighted by molar-refractivity contribution is 5.92. The van der Waals surface area contributed by atoms with E-state index in [4.69, 9.17) is 0 Å². The van der Waals surface area contributed by atoms with E-state index in [2.05, 4.69) is 10.4 Å². The Hall–Kier alpha value is -2.30. The van der Waals surface area contributed by atoms with E-state index in [1.165, 1.54) is 0 Å². The predicted octanol–water partition coefficient (Wildman–Crippen LogP) is 1.66. The Morgan fingerprint density at radius 2 is 2.05 bits per heavy atom. The van der Waals surface area contributed by atoms with Crippen molar-refractivity contribution in [2.75, 3.05) is 6.54 Å². The average molecular weight is 273 g/mol. The van der Waals surface area contributed by atoms with E-state index in [0.717, 1.165) is 24.1 Å². The van der Waals surface area contributed by atoms with Crippen LogP contribution in [0.15, 0.2) is 30.3 Å². The van der Waals surface area contributed by atoms with Gasteiger partial charge in [-0.25, -0.2) is 0 Å². The molecule has 5 nitrogen and oxygen atoms in total. The van der Waals surface area contributed by atoms with Gasteiger partial charge in [-0.3, -0.25) is 9.48 Å². The molecule has 1 amide bonds. The third kappa shape index (κ3) is 3.38. The van der Waals surface area contributed by atoms with Gasteiger partial charge in [-0.05, 0) is 36.6 Å². The van der Waals surface area contributed by atoms with Crippen LogP contribution in [0.5, 0.6) is 5.75 Å². The SMILES string of the molecule is CCc1cc(C(=O)NCCc2ccc(O)cc2)n(C)n1. The quantitative estimate of drug-likeness (QED) is 0.870. The molecule has 20 heavy (non-hydrogen) atoms. The number of phenols is 1. The highest BCUT2D eigenvalue weighted by Crippen LogP contribution is 2.09.